The number of aliphatic carboxylic acids is 1. The summed E-state index contributed by atoms with van der Waals surface area (Å²) in [5, 5.41) is 13.8. The highest BCUT2D eigenvalue weighted by Crippen LogP contribution is 2.28. The average molecular weight is 318 g/mol. The summed E-state index contributed by atoms with van der Waals surface area (Å²) in [5.74, 6) is -0.733. The average Bonchev–Trinajstić information content (AvgIpc) is 2.86. The van der Waals surface area contributed by atoms with Crippen molar-refractivity contribution in [1.29, 1.82) is 0 Å². The Hall–Kier alpha value is -1.43. The molecule has 1 aliphatic carbocycles. The summed E-state index contributed by atoms with van der Waals surface area (Å²) < 4.78 is 1.34. The standard InChI is InChI=1S/C17H22N2O2S/c1-2-19(11-17(20)21)14-8-13(9-14)18-10-15-7-12-5-3-4-6-16(12)22-15/h3-7,13-14,18H,2,8-11H2,1H3,(H,20,21). The first-order valence-corrected chi connectivity index (χ1v) is 8.64. The van der Waals surface area contributed by atoms with Crippen LogP contribution in [0.5, 0.6) is 0 Å². The molecule has 0 amide bonds. The molecule has 4 nitrogen and oxygen atoms in total. The van der Waals surface area contributed by atoms with Crippen molar-refractivity contribution in [2.75, 3.05) is 13.1 Å². The van der Waals surface area contributed by atoms with Crippen molar-refractivity contribution in [3.05, 3.63) is 35.2 Å². The zero-order valence-corrected chi connectivity index (χ0v) is 13.6. The zero-order chi connectivity index (χ0) is 15.5. The second kappa shape index (κ2) is 6.77. The lowest BCUT2D eigenvalue weighted by Gasteiger charge is -2.42. The van der Waals surface area contributed by atoms with Gasteiger partial charge in [-0.05, 0) is 36.9 Å². The maximum Gasteiger partial charge on any atom is 0.317 e. The van der Waals surface area contributed by atoms with Crippen LogP contribution < -0.4 is 5.32 Å². The van der Waals surface area contributed by atoms with Crippen molar-refractivity contribution >= 4 is 27.4 Å². The van der Waals surface area contributed by atoms with E-state index in [1.807, 2.05) is 18.3 Å². The summed E-state index contributed by atoms with van der Waals surface area (Å²) in [4.78, 5) is 14.3. The molecular formula is C17H22N2O2S. The summed E-state index contributed by atoms with van der Waals surface area (Å²) in [6.45, 7) is 3.90. The molecule has 1 aromatic carbocycles. The van der Waals surface area contributed by atoms with E-state index in [-0.39, 0.29) is 6.54 Å². The highest BCUT2D eigenvalue weighted by atomic mass is 32.1. The number of carbonyl (C=O) groups is 1. The van der Waals surface area contributed by atoms with Crippen LogP contribution in [0.4, 0.5) is 0 Å². The predicted octanol–water partition coefficient (Wildman–Crippen LogP) is 2.93. The lowest BCUT2D eigenvalue weighted by Crippen LogP contribution is -2.53. The summed E-state index contributed by atoms with van der Waals surface area (Å²) in [7, 11) is 0. The molecule has 0 unspecified atom stereocenters. The molecule has 1 fully saturated rings. The van der Waals surface area contributed by atoms with E-state index in [1.165, 1.54) is 15.0 Å². The van der Waals surface area contributed by atoms with Crippen molar-refractivity contribution < 1.29 is 9.90 Å². The van der Waals surface area contributed by atoms with E-state index in [9.17, 15) is 4.79 Å². The number of hydrogen-bond acceptors (Lipinski definition) is 4. The number of hydrogen-bond donors (Lipinski definition) is 2. The van der Waals surface area contributed by atoms with Crippen LogP contribution >= 0.6 is 11.3 Å². The third-order valence-electron chi connectivity index (χ3n) is 4.42. The van der Waals surface area contributed by atoms with Crippen molar-refractivity contribution in [3.8, 4) is 0 Å². The Morgan fingerprint density at radius 1 is 1.41 bits per heavy atom. The lowest BCUT2D eigenvalue weighted by atomic mass is 9.85. The molecule has 118 valence electrons. The molecule has 1 heterocycles. The normalized spacial score (nSPS) is 21.2. The van der Waals surface area contributed by atoms with Gasteiger partial charge >= 0.3 is 5.97 Å². The highest BCUT2D eigenvalue weighted by Gasteiger charge is 2.33. The molecule has 2 N–H and O–H groups in total. The second-order valence-corrected chi connectivity index (χ2v) is 7.08. The first-order chi connectivity index (χ1) is 10.7. The monoisotopic (exact) mass is 318 g/mol. The third-order valence-corrected chi connectivity index (χ3v) is 5.53. The van der Waals surface area contributed by atoms with Crippen LogP contribution in [-0.4, -0.2) is 41.1 Å². The number of fused-ring (bicyclic) bond motifs is 1. The molecule has 0 atom stereocenters. The number of nitrogens with one attached hydrogen (secondary N) is 1. The van der Waals surface area contributed by atoms with Crippen molar-refractivity contribution in [1.82, 2.24) is 10.2 Å². The van der Waals surface area contributed by atoms with Crippen LogP contribution in [0.3, 0.4) is 0 Å². The van der Waals surface area contributed by atoms with E-state index < -0.39 is 5.97 Å². The molecule has 0 spiro atoms. The third kappa shape index (κ3) is 3.48. The van der Waals surface area contributed by atoms with Crippen molar-refractivity contribution in [3.63, 3.8) is 0 Å². The highest BCUT2D eigenvalue weighted by molar-refractivity contribution is 7.19. The van der Waals surface area contributed by atoms with Crippen LogP contribution in [0.1, 0.15) is 24.6 Å². The molecule has 1 saturated carbocycles. The number of likely N-dealkylation sites (N-methyl/N-ethyl adjacent to an activating group) is 1. The number of carboxylic acid groups (broad SMARTS) is 1. The van der Waals surface area contributed by atoms with E-state index in [1.54, 1.807) is 0 Å². The van der Waals surface area contributed by atoms with Crippen LogP contribution in [0, 0.1) is 0 Å². The Kier molecular flexibility index (Phi) is 4.76. The van der Waals surface area contributed by atoms with Crippen LogP contribution in [0.15, 0.2) is 30.3 Å². The van der Waals surface area contributed by atoms with Crippen molar-refractivity contribution in [2.45, 2.75) is 38.4 Å². The number of nitrogens with zero attached hydrogens (tertiary/aromatic N) is 1. The Morgan fingerprint density at radius 3 is 2.86 bits per heavy atom. The van der Waals surface area contributed by atoms with E-state index in [0.717, 1.165) is 25.9 Å². The number of thiophene rings is 1. The fraction of sp³-hybridized carbons (Fsp3) is 0.471. The topological polar surface area (TPSA) is 52.6 Å². The number of rotatable bonds is 7. The summed E-state index contributed by atoms with van der Waals surface area (Å²) in [6, 6.07) is 11.7. The Labute approximate surface area is 134 Å². The number of benzene rings is 1. The lowest BCUT2D eigenvalue weighted by molar-refractivity contribution is -0.139. The molecule has 2 aromatic rings. The second-order valence-electron chi connectivity index (χ2n) is 5.91. The maximum absolute atomic E-state index is 10.8. The van der Waals surface area contributed by atoms with Gasteiger partial charge in [0.1, 0.15) is 0 Å². The molecule has 0 radical (unpaired) electrons. The summed E-state index contributed by atoms with van der Waals surface area (Å²) >= 11 is 1.84. The van der Waals surface area contributed by atoms with Gasteiger partial charge in [0.15, 0.2) is 0 Å². The smallest absolute Gasteiger partial charge is 0.317 e. The van der Waals surface area contributed by atoms with Gasteiger partial charge in [0.05, 0.1) is 6.54 Å². The SMILES string of the molecule is CCN(CC(=O)O)C1CC(NCc2cc3ccccc3s2)C1. The van der Waals surface area contributed by atoms with Gasteiger partial charge in [0, 0.05) is 28.2 Å². The molecule has 0 bridgehead atoms. The summed E-state index contributed by atoms with van der Waals surface area (Å²) in [6.07, 6.45) is 2.10. The predicted molar refractivity (Wildman–Crippen MR) is 90.4 cm³/mol. The minimum absolute atomic E-state index is 0.157. The molecule has 22 heavy (non-hydrogen) atoms. The fourth-order valence-electron chi connectivity index (χ4n) is 3.09. The van der Waals surface area contributed by atoms with Crippen molar-refractivity contribution in [2.24, 2.45) is 0 Å². The van der Waals surface area contributed by atoms with Gasteiger partial charge in [-0.25, -0.2) is 0 Å². The van der Waals surface area contributed by atoms with Gasteiger partial charge in [-0.15, -0.1) is 11.3 Å². The molecule has 0 aliphatic heterocycles. The fourth-order valence-corrected chi connectivity index (χ4v) is 4.11. The van der Waals surface area contributed by atoms with Gasteiger partial charge in [-0.2, -0.15) is 0 Å². The van der Waals surface area contributed by atoms with Crippen LogP contribution in [-0.2, 0) is 11.3 Å². The van der Waals surface area contributed by atoms with E-state index >= 15 is 0 Å². The molecule has 5 heteroatoms. The zero-order valence-electron chi connectivity index (χ0n) is 12.8. The Morgan fingerprint density at radius 2 is 2.18 bits per heavy atom. The Balaban J connectivity index is 1.47. The quantitative estimate of drug-likeness (QED) is 0.824. The van der Waals surface area contributed by atoms with E-state index in [0.29, 0.717) is 12.1 Å². The van der Waals surface area contributed by atoms with Gasteiger partial charge < -0.3 is 10.4 Å². The molecule has 0 saturated heterocycles. The maximum atomic E-state index is 10.8. The van der Waals surface area contributed by atoms with Gasteiger partial charge in [0.2, 0.25) is 0 Å². The minimum Gasteiger partial charge on any atom is -0.480 e. The van der Waals surface area contributed by atoms with Crippen LogP contribution in [0.2, 0.25) is 0 Å². The molecule has 1 aliphatic rings. The van der Waals surface area contributed by atoms with Gasteiger partial charge in [-0.1, -0.05) is 25.1 Å². The van der Waals surface area contributed by atoms with Gasteiger partial charge in [-0.3, -0.25) is 9.69 Å². The van der Waals surface area contributed by atoms with Gasteiger partial charge in [0.25, 0.3) is 0 Å². The molecule has 3 rings (SSSR count). The molecular weight excluding hydrogens is 296 g/mol. The van der Waals surface area contributed by atoms with E-state index in [2.05, 4.69) is 40.5 Å². The first-order valence-electron chi connectivity index (χ1n) is 7.82. The summed E-state index contributed by atoms with van der Waals surface area (Å²) in [5.41, 5.74) is 0. The molecule has 1 aromatic heterocycles. The Bertz CT molecular complexity index is 616. The number of carboxylic acids is 1. The minimum atomic E-state index is -0.733. The largest absolute Gasteiger partial charge is 0.480 e. The first kappa shape index (κ1) is 15.5. The van der Waals surface area contributed by atoms with E-state index in [4.69, 9.17) is 5.11 Å². The van der Waals surface area contributed by atoms with Crippen LogP contribution in [0.25, 0.3) is 10.1 Å².